The fraction of sp³-hybridized carbons (Fsp3) is 0.111. The Morgan fingerprint density at radius 2 is 1.89 bits per heavy atom. The highest BCUT2D eigenvalue weighted by Gasteiger charge is 2.15. The predicted octanol–water partition coefficient (Wildman–Crippen LogP) is 3.87. The number of fused-ring (bicyclic) bond motifs is 1. The van der Waals surface area contributed by atoms with Crippen molar-refractivity contribution in [2.45, 2.75) is 13.1 Å². The van der Waals surface area contributed by atoms with Gasteiger partial charge in [-0.15, -0.1) is 5.10 Å². The number of aromatic nitrogens is 3. The Labute approximate surface area is 210 Å². The summed E-state index contributed by atoms with van der Waals surface area (Å²) in [6.45, 7) is 0.409. The number of hydrogen-bond acceptors (Lipinski definition) is 8. The quantitative estimate of drug-likeness (QED) is 0.309. The maximum Gasteiger partial charge on any atom is 0.349 e. The van der Waals surface area contributed by atoms with Gasteiger partial charge in [-0.05, 0) is 48.0 Å². The van der Waals surface area contributed by atoms with Crippen LogP contribution in [0, 0.1) is 0 Å². The van der Waals surface area contributed by atoms with Crippen molar-refractivity contribution in [1.82, 2.24) is 20.3 Å². The van der Waals surface area contributed by atoms with Gasteiger partial charge in [-0.25, -0.2) is 9.48 Å². The van der Waals surface area contributed by atoms with E-state index in [4.69, 9.17) is 13.9 Å². The van der Waals surface area contributed by atoms with Crippen LogP contribution >= 0.6 is 0 Å². The molecule has 0 unspecified atom stereocenters. The second-order valence-electron chi connectivity index (χ2n) is 8.16. The number of phenolic OH excluding ortho intramolecular Hbond substituents is 1. The van der Waals surface area contributed by atoms with Crippen molar-refractivity contribution in [3.05, 3.63) is 106 Å². The molecule has 5 aromatic rings. The Kier molecular flexibility index (Phi) is 6.54. The number of hydrogen-bond donors (Lipinski definition) is 2. The summed E-state index contributed by atoms with van der Waals surface area (Å²) in [4.78, 5) is 24.9. The molecular weight excluding hydrogens is 476 g/mol. The fourth-order valence-corrected chi connectivity index (χ4v) is 3.69. The number of benzene rings is 3. The van der Waals surface area contributed by atoms with Crippen molar-refractivity contribution in [1.29, 1.82) is 0 Å². The third-order valence-electron chi connectivity index (χ3n) is 5.54. The number of ether oxygens (including phenoxy) is 2. The summed E-state index contributed by atoms with van der Waals surface area (Å²) in [5.74, 6) is 0.925. The molecule has 10 nitrogen and oxygen atoms in total. The molecule has 186 valence electrons. The van der Waals surface area contributed by atoms with Gasteiger partial charge < -0.3 is 24.3 Å². The first-order chi connectivity index (χ1) is 18.0. The number of carbonyl (C=O) groups is 1. The summed E-state index contributed by atoms with van der Waals surface area (Å²) in [5, 5.41) is 21.7. The van der Waals surface area contributed by atoms with Crippen molar-refractivity contribution in [2.75, 3.05) is 7.11 Å². The summed E-state index contributed by atoms with van der Waals surface area (Å²) < 4.78 is 17.7. The van der Waals surface area contributed by atoms with E-state index >= 15 is 0 Å². The van der Waals surface area contributed by atoms with E-state index in [0.29, 0.717) is 40.5 Å². The molecule has 2 N–H and O–H groups in total. The number of nitrogens with zero attached hydrogens (tertiary/aromatic N) is 3. The molecule has 37 heavy (non-hydrogen) atoms. The normalized spacial score (nSPS) is 10.8. The zero-order valence-corrected chi connectivity index (χ0v) is 19.7. The minimum atomic E-state index is -0.749. The number of carbonyl (C=O) groups excluding carboxylic acids is 1. The van der Waals surface area contributed by atoms with Gasteiger partial charge in [-0.1, -0.05) is 29.5 Å². The molecule has 0 fully saturated rings. The predicted molar refractivity (Wildman–Crippen MR) is 134 cm³/mol. The van der Waals surface area contributed by atoms with Gasteiger partial charge in [-0.2, -0.15) is 0 Å². The van der Waals surface area contributed by atoms with E-state index in [-0.39, 0.29) is 17.9 Å². The topological polar surface area (TPSA) is 129 Å². The lowest BCUT2D eigenvalue weighted by atomic mass is 10.1. The molecule has 2 heterocycles. The van der Waals surface area contributed by atoms with Gasteiger partial charge >= 0.3 is 5.63 Å². The molecule has 5 rings (SSSR count). The Morgan fingerprint density at radius 3 is 2.68 bits per heavy atom. The number of phenols is 1. The van der Waals surface area contributed by atoms with E-state index in [1.807, 2.05) is 24.3 Å². The highest BCUT2D eigenvalue weighted by Crippen LogP contribution is 2.31. The van der Waals surface area contributed by atoms with Crippen molar-refractivity contribution < 1.29 is 23.8 Å². The van der Waals surface area contributed by atoms with Crippen LogP contribution in [0.1, 0.15) is 21.6 Å². The maximum atomic E-state index is 12.6. The van der Waals surface area contributed by atoms with Gasteiger partial charge in [0, 0.05) is 11.5 Å². The molecule has 3 aromatic carbocycles. The van der Waals surface area contributed by atoms with Gasteiger partial charge in [0.25, 0.3) is 5.91 Å². The average molecular weight is 498 g/mol. The molecule has 0 atom stereocenters. The summed E-state index contributed by atoms with van der Waals surface area (Å²) in [6, 6.07) is 20.7. The molecule has 0 bridgehead atoms. The lowest BCUT2D eigenvalue weighted by Crippen LogP contribution is -2.28. The van der Waals surface area contributed by atoms with E-state index in [1.165, 1.54) is 13.2 Å². The van der Waals surface area contributed by atoms with Crippen molar-refractivity contribution in [2.24, 2.45) is 0 Å². The minimum absolute atomic E-state index is 0.00150. The molecule has 0 aliphatic carbocycles. The first-order valence-corrected chi connectivity index (χ1v) is 11.3. The van der Waals surface area contributed by atoms with Crippen LogP contribution in [-0.4, -0.2) is 33.1 Å². The maximum absolute atomic E-state index is 12.6. The summed E-state index contributed by atoms with van der Waals surface area (Å²) in [7, 11) is 1.51. The van der Waals surface area contributed by atoms with Gasteiger partial charge in [0.15, 0.2) is 11.5 Å². The molecule has 0 saturated carbocycles. The second-order valence-corrected chi connectivity index (χ2v) is 8.16. The number of aromatic hydroxyl groups is 1. The van der Waals surface area contributed by atoms with Gasteiger partial charge in [0.1, 0.15) is 28.3 Å². The van der Waals surface area contributed by atoms with E-state index < -0.39 is 11.5 Å². The smallest absolute Gasteiger partial charge is 0.349 e. The Hall–Kier alpha value is -5.12. The molecule has 0 spiro atoms. The third kappa shape index (κ3) is 5.43. The molecule has 0 aliphatic heterocycles. The van der Waals surface area contributed by atoms with Crippen molar-refractivity contribution in [3.8, 4) is 23.0 Å². The first-order valence-electron chi connectivity index (χ1n) is 11.3. The molecule has 1 amide bonds. The minimum Gasteiger partial charge on any atom is -0.504 e. The van der Waals surface area contributed by atoms with Crippen LogP contribution in [0.25, 0.3) is 11.0 Å². The van der Waals surface area contributed by atoms with E-state index in [2.05, 4.69) is 15.6 Å². The van der Waals surface area contributed by atoms with Crippen molar-refractivity contribution >= 4 is 16.9 Å². The summed E-state index contributed by atoms with van der Waals surface area (Å²) >= 11 is 0. The molecule has 2 aromatic heterocycles. The van der Waals surface area contributed by atoms with Crippen LogP contribution in [0.4, 0.5) is 0 Å². The van der Waals surface area contributed by atoms with Crippen LogP contribution in [0.3, 0.4) is 0 Å². The largest absolute Gasteiger partial charge is 0.504 e. The van der Waals surface area contributed by atoms with Gasteiger partial charge in [0.2, 0.25) is 0 Å². The SMILES string of the molecule is COc1ccc2cc(C(=O)NCc3cn(Cc4ccc(Oc5ccccc5)c(O)c4)nn3)c(=O)oc2c1. The molecule has 0 radical (unpaired) electrons. The molecule has 0 saturated heterocycles. The molecule has 10 heteroatoms. The lowest BCUT2D eigenvalue weighted by molar-refractivity contribution is 0.0947. The van der Waals surface area contributed by atoms with Crippen molar-refractivity contribution in [3.63, 3.8) is 0 Å². The van der Waals surface area contributed by atoms with E-state index in [1.54, 1.807) is 53.3 Å². The number of nitrogens with one attached hydrogen (secondary N) is 1. The van der Waals surface area contributed by atoms with Crippen LogP contribution in [0.15, 0.2) is 88.2 Å². The summed E-state index contributed by atoms with van der Waals surface area (Å²) in [5.41, 5.74) is 0.745. The van der Waals surface area contributed by atoms with Crippen LogP contribution < -0.4 is 20.4 Å². The van der Waals surface area contributed by atoms with E-state index in [0.717, 1.165) is 5.56 Å². The van der Waals surface area contributed by atoms with E-state index in [9.17, 15) is 14.7 Å². The molecular formula is C27H22N4O6. The van der Waals surface area contributed by atoms with Gasteiger partial charge in [0.05, 0.1) is 26.4 Å². The van der Waals surface area contributed by atoms with Gasteiger partial charge in [-0.3, -0.25) is 4.79 Å². The highest BCUT2D eigenvalue weighted by molar-refractivity contribution is 5.96. The van der Waals surface area contributed by atoms with Crippen LogP contribution in [-0.2, 0) is 13.1 Å². The van der Waals surface area contributed by atoms with Crippen LogP contribution in [0.5, 0.6) is 23.0 Å². The van der Waals surface area contributed by atoms with Crippen LogP contribution in [0.2, 0.25) is 0 Å². The third-order valence-corrected chi connectivity index (χ3v) is 5.54. The average Bonchev–Trinajstić information content (AvgIpc) is 3.36. The number of methoxy groups -OCH3 is 1. The number of rotatable bonds is 8. The Morgan fingerprint density at radius 1 is 1.05 bits per heavy atom. The zero-order valence-electron chi connectivity index (χ0n) is 19.7. The lowest BCUT2D eigenvalue weighted by Gasteiger charge is -2.09. The standard InChI is InChI=1S/C27H22N4O6/c1-35-21-9-8-18-12-22(27(34)37-25(18)13-21)26(33)28-14-19-16-31(30-29-19)15-17-7-10-24(23(32)11-17)36-20-5-3-2-4-6-20/h2-13,16,32H,14-15H2,1H3,(H,28,33). The fourth-order valence-electron chi connectivity index (χ4n) is 3.69. The number of para-hydroxylation sites is 1. The number of amides is 1. The highest BCUT2D eigenvalue weighted by atomic mass is 16.5. The molecule has 0 aliphatic rings. The first kappa shape index (κ1) is 23.6. The second kappa shape index (κ2) is 10.2. The zero-order chi connectivity index (χ0) is 25.8. The Bertz CT molecular complexity index is 1630. The monoisotopic (exact) mass is 498 g/mol. The summed E-state index contributed by atoms with van der Waals surface area (Å²) in [6.07, 6.45) is 1.67. The Balaban J connectivity index is 1.21.